The molecule has 2 heterocycles. The fourth-order valence-electron chi connectivity index (χ4n) is 2.28. The van der Waals surface area contributed by atoms with Gasteiger partial charge in [0.2, 0.25) is 0 Å². The van der Waals surface area contributed by atoms with E-state index in [4.69, 9.17) is 0 Å². The second kappa shape index (κ2) is 6.53. The van der Waals surface area contributed by atoms with Crippen LogP contribution in [0, 0.1) is 0 Å². The number of thiazole rings is 1. The highest BCUT2D eigenvalue weighted by Gasteiger charge is 2.15. The van der Waals surface area contributed by atoms with E-state index >= 15 is 0 Å². The molecule has 0 radical (unpaired) electrons. The van der Waals surface area contributed by atoms with E-state index in [2.05, 4.69) is 36.1 Å². The summed E-state index contributed by atoms with van der Waals surface area (Å²) < 4.78 is 0. The number of hydrogen-bond donors (Lipinski definition) is 1. The van der Waals surface area contributed by atoms with Crippen molar-refractivity contribution in [1.82, 2.24) is 9.97 Å². The monoisotopic (exact) mass is 337 g/mol. The summed E-state index contributed by atoms with van der Waals surface area (Å²) in [5.41, 5.74) is 3.72. The molecule has 1 N–H and O–H groups in total. The van der Waals surface area contributed by atoms with Crippen LogP contribution >= 0.6 is 11.3 Å². The maximum atomic E-state index is 12.4. The maximum Gasteiger partial charge on any atom is 0.257 e. The van der Waals surface area contributed by atoms with Crippen LogP contribution in [-0.4, -0.2) is 15.9 Å². The van der Waals surface area contributed by atoms with Crippen LogP contribution in [0.4, 0.5) is 5.13 Å². The first kappa shape index (κ1) is 16.3. The van der Waals surface area contributed by atoms with E-state index < -0.39 is 0 Å². The molecule has 0 saturated carbocycles. The van der Waals surface area contributed by atoms with Gasteiger partial charge in [0.05, 0.1) is 5.69 Å². The lowest BCUT2D eigenvalue weighted by Crippen LogP contribution is -2.14. The molecule has 0 atom stereocenters. The Morgan fingerprint density at radius 3 is 2.33 bits per heavy atom. The molecule has 0 unspecified atom stereocenters. The molecule has 0 saturated heterocycles. The molecule has 3 rings (SSSR count). The van der Waals surface area contributed by atoms with Crippen LogP contribution in [0.3, 0.4) is 0 Å². The van der Waals surface area contributed by atoms with Gasteiger partial charge in [0.15, 0.2) is 5.13 Å². The summed E-state index contributed by atoms with van der Waals surface area (Å²) in [5.74, 6) is -0.147. The SMILES string of the molecule is CC(C)(C)c1ccc(C(=O)Nc2nc(-c3ccncc3)cs2)cc1. The number of aromatic nitrogens is 2. The molecular formula is C19H19N3OS. The van der Waals surface area contributed by atoms with Crippen molar-refractivity contribution in [1.29, 1.82) is 0 Å². The smallest absolute Gasteiger partial charge is 0.257 e. The summed E-state index contributed by atoms with van der Waals surface area (Å²) in [6.45, 7) is 6.45. The number of amides is 1. The Labute approximate surface area is 145 Å². The molecule has 0 bridgehead atoms. The second-order valence-corrected chi connectivity index (χ2v) is 7.41. The van der Waals surface area contributed by atoms with E-state index in [0.29, 0.717) is 10.7 Å². The lowest BCUT2D eigenvalue weighted by atomic mass is 9.87. The first-order valence-corrected chi connectivity index (χ1v) is 8.59. The first-order chi connectivity index (χ1) is 11.4. The van der Waals surface area contributed by atoms with E-state index in [-0.39, 0.29) is 11.3 Å². The average molecular weight is 337 g/mol. The van der Waals surface area contributed by atoms with Gasteiger partial charge in [0, 0.05) is 28.9 Å². The van der Waals surface area contributed by atoms with E-state index in [1.165, 1.54) is 16.9 Å². The number of pyridine rings is 1. The van der Waals surface area contributed by atoms with E-state index in [1.807, 2.05) is 41.8 Å². The van der Waals surface area contributed by atoms with Crippen LogP contribution < -0.4 is 5.32 Å². The van der Waals surface area contributed by atoms with E-state index in [1.54, 1.807) is 12.4 Å². The summed E-state index contributed by atoms with van der Waals surface area (Å²) in [7, 11) is 0. The van der Waals surface area contributed by atoms with Gasteiger partial charge in [-0.2, -0.15) is 0 Å². The topological polar surface area (TPSA) is 54.9 Å². The Hall–Kier alpha value is -2.53. The van der Waals surface area contributed by atoms with E-state index in [9.17, 15) is 4.79 Å². The van der Waals surface area contributed by atoms with Gasteiger partial charge in [-0.05, 0) is 35.2 Å². The standard InChI is InChI=1S/C19H19N3OS/c1-19(2,3)15-6-4-14(5-7-15)17(23)22-18-21-16(12-24-18)13-8-10-20-11-9-13/h4-12H,1-3H3,(H,21,22,23). The summed E-state index contributed by atoms with van der Waals surface area (Å²) in [4.78, 5) is 20.8. The molecule has 3 aromatic rings. The van der Waals surface area contributed by atoms with Gasteiger partial charge in [-0.3, -0.25) is 15.1 Å². The van der Waals surface area contributed by atoms with Crippen molar-refractivity contribution < 1.29 is 4.79 Å². The number of nitrogens with one attached hydrogen (secondary N) is 1. The summed E-state index contributed by atoms with van der Waals surface area (Å²) >= 11 is 1.41. The number of hydrogen-bond acceptors (Lipinski definition) is 4. The minimum absolute atomic E-state index is 0.0732. The number of carbonyl (C=O) groups excluding carboxylic acids is 1. The van der Waals surface area contributed by atoms with Crippen molar-refractivity contribution in [2.75, 3.05) is 5.32 Å². The molecule has 4 nitrogen and oxygen atoms in total. The Kier molecular flexibility index (Phi) is 4.44. The molecule has 0 spiro atoms. The quantitative estimate of drug-likeness (QED) is 0.750. The minimum Gasteiger partial charge on any atom is -0.298 e. The van der Waals surface area contributed by atoms with Crippen molar-refractivity contribution in [3.05, 3.63) is 65.3 Å². The largest absolute Gasteiger partial charge is 0.298 e. The maximum absolute atomic E-state index is 12.4. The van der Waals surface area contributed by atoms with E-state index in [0.717, 1.165) is 11.3 Å². The van der Waals surface area contributed by atoms with Gasteiger partial charge < -0.3 is 0 Å². The van der Waals surface area contributed by atoms with Gasteiger partial charge in [-0.25, -0.2) is 4.98 Å². The van der Waals surface area contributed by atoms with Crippen LogP contribution in [0.15, 0.2) is 54.2 Å². The normalized spacial score (nSPS) is 11.3. The zero-order valence-electron chi connectivity index (χ0n) is 13.9. The zero-order chi connectivity index (χ0) is 17.2. The minimum atomic E-state index is -0.147. The van der Waals surface area contributed by atoms with Gasteiger partial charge in [0.1, 0.15) is 0 Å². The summed E-state index contributed by atoms with van der Waals surface area (Å²) in [5, 5.41) is 5.37. The average Bonchev–Trinajstić information content (AvgIpc) is 3.03. The van der Waals surface area contributed by atoms with Crippen LogP contribution in [0.5, 0.6) is 0 Å². The number of nitrogens with zero attached hydrogens (tertiary/aromatic N) is 2. The molecule has 122 valence electrons. The fraction of sp³-hybridized carbons (Fsp3) is 0.211. The predicted octanol–water partition coefficient (Wildman–Crippen LogP) is 4.75. The van der Waals surface area contributed by atoms with Crippen LogP contribution in [-0.2, 0) is 5.41 Å². The fourth-order valence-corrected chi connectivity index (χ4v) is 2.99. The molecule has 0 fully saturated rings. The highest BCUT2D eigenvalue weighted by atomic mass is 32.1. The predicted molar refractivity (Wildman–Crippen MR) is 98.4 cm³/mol. The van der Waals surface area contributed by atoms with Crippen molar-refractivity contribution in [2.24, 2.45) is 0 Å². The van der Waals surface area contributed by atoms with Gasteiger partial charge in [0.25, 0.3) is 5.91 Å². The zero-order valence-corrected chi connectivity index (χ0v) is 14.7. The van der Waals surface area contributed by atoms with Crippen molar-refractivity contribution in [3.63, 3.8) is 0 Å². The number of benzene rings is 1. The van der Waals surface area contributed by atoms with Gasteiger partial charge in [-0.15, -0.1) is 11.3 Å². The number of anilines is 1. The molecule has 24 heavy (non-hydrogen) atoms. The molecule has 5 heteroatoms. The molecular weight excluding hydrogens is 318 g/mol. The molecule has 0 aliphatic heterocycles. The Morgan fingerprint density at radius 2 is 1.71 bits per heavy atom. The lowest BCUT2D eigenvalue weighted by Gasteiger charge is -2.18. The Morgan fingerprint density at radius 1 is 1.04 bits per heavy atom. The number of rotatable bonds is 3. The number of carbonyl (C=O) groups is 1. The molecule has 2 aromatic heterocycles. The van der Waals surface area contributed by atoms with Crippen LogP contribution in [0.25, 0.3) is 11.3 Å². The van der Waals surface area contributed by atoms with Crippen LogP contribution in [0.2, 0.25) is 0 Å². The third kappa shape index (κ3) is 3.68. The highest BCUT2D eigenvalue weighted by Crippen LogP contribution is 2.25. The highest BCUT2D eigenvalue weighted by molar-refractivity contribution is 7.14. The third-order valence-electron chi connectivity index (χ3n) is 3.71. The van der Waals surface area contributed by atoms with Crippen LogP contribution in [0.1, 0.15) is 36.7 Å². The Bertz CT molecular complexity index is 833. The Balaban J connectivity index is 1.72. The molecule has 1 aromatic carbocycles. The van der Waals surface area contributed by atoms with Gasteiger partial charge in [-0.1, -0.05) is 32.9 Å². The molecule has 0 aliphatic rings. The van der Waals surface area contributed by atoms with Crippen molar-refractivity contribution in [2.45, 2.75) is 26.2 Å². The summed E-state index contributed by atoms with van der Waals surface area (Å²) in [6.07, 6.45) is 3.45. The molecule has 1 amide bonds. The van der Waals surface area contributed by atoms with Gasteiger partial charge >= 0.3 is 0 Å². The first-order valence-electron chi connectivity index (χ1n) is 7.71. The summed E-state index contributed by atoms with van der Waals surface area (Å²) in [6, 6.07) is 11.5. The third-order valence-corrected chi connectivity index (χ3v) is 4.47. The second-order valence-electron chi connectivity index (χ2n) is 6.56. The van der Waals surface area contributed by atoms with Crippen molar-refractivity contribution in [3.8, 4) is 11.3 Å². The lowest BCUT2D eigenvalue weighted by molar-refractivity contribution is 0.102. The molecule has 0 aliphatic carbocycles. The van der Waals surface area contributed by atoms with Crippen molar-refractivity contribution >= 4 is 22.4 Å².